The molecular formula is C20H33N3O7. The van der Waals surface area contributed by atoms with Gasteiger partial charge in [-0.2, -0.15) is 5.90 Å². The number of nitrogens with two attached hydrogens (primary N) is 1. The molecule has 10 heteroatoms. The first kappa shape index (κ1) is 24.2. The second-order valence-electron chi connectivity index (χ2n) is 7.12. The molecule has 2 unspecified atom stereocenters. The molecule has 0 aromatic heterocycles. The molecule has 2 aliphatic carbocycles. The Hall–Kier alpha value is -2.06. The largest absolute Gasteiger partial charge is 0.449 e. The monoisotopic (exact) mass is 427 g/mol. The SMILES string of the molecule is NOC(=O)NCCOCCOCCOCCNC(=O)OCC1C2CCC#CCCC21. The van der Waals surface area contributed by atoms with Crippen LogP contribution >= 0.6 is 0 Å². The normalized spacial score (nSPS) is 21.8. The average molecular weight is 427 g/mol. The molecular weight excluding hydrogens is 394 g/mol. The topological polar surface area (TPSA) is 130 Å². The van der Waals surface area contributed by atoms with E-state index in [1.165, 1.54) is 0 Å². The van der Waals surface area contributed by atoms with Crippen LogP contribution in [0.2, 0.25) is 0 Å². The summed E-state index contributed by atoms with van der Waals surface area (Å²) in [5, 5.41) is 5.08. The molecule has 2 rings (SSSR count). The molecule has 2 amide bonds. The van der Waals surface area contributed by atoms with Gasteiger partial charge in [-0.15, -0.1) is 11.8 Å². The predicted molar refractivity (Wildman–Crippen MR) is 107 cm³/mol. The molecule has 170 valence electrons. The lowest BCUT2D eigenvalue weighted by molar-refractivity contribution is 0.0155. The van der Waals surface area contributed by atoms with E-state index < -0.39 is 12.2 Å². The minimum Gasteiger partial charge on any atom is -0.449 e. The summed E-state index contributed by atoms with van der Waals surface area (Å²) in [5.74, 6) is 12.9. The van der Waals surface area contributed by atoms with Crippen molar-refractivity contribution in [3.05, 3.63) is 0 Å². The summed E-state index contributed by atoms with van der Waals surface area (Å²) in [7, 11) is 0. The Kier molecular flexibility index (Phi) is 12.0. The van der Waals surface area contributed by atoms with Crippen molar-refractivity contribution < 1.29 is 33.4 Å². The number of alkyl carbamates (subject to hydrolysis) is 1. The summed E-state index contributed by atoms with van der Waals surface area (Å²) in [4.78, 5) is 26.4. The maximum Gasteiger partial charge on any atom is 0.425 e. The number of carbonyl (C=O) groups excluding carboxylic acids is 2. The predicted octanol–water partition coefficient (Wildman–Crippen LogP) is 0.802. The summed E-state index contributed by atoms with van der Waals surface area (Å²) in [6, 6.07) is 0. The van der Waals surface area contributed by atoms with Gasteiger partial charge in [0.1, 0.15) is 0 Å². The third-order valence-corrected chi connectivity index (χ3v) is 5.13. The lowest BCUT2D eigenvalue weighted by Gasteiger charge is -2.08. The van der Waals surface area contributed by atoms with Crippen LogP contribution in [-0.4, -0.2) is 71.5 Å². The van der Waals surface area contributed by atoms with Gasteiger partial charge in [0.05, 0.1) is 46.2 Å². The first-order chi connectivity index (χ1) is 14.7. The molecule has 0 aromatic rings. The third kappa shape index (κ3) is 10.1. The van der Waals surface area contributed by atoms with E-state index in [1.54, 1.807) is 0 Å². The number of fused-ring (bicyclic) bond motifs is 1. The molecule has 0 spiro atoms. The van der Waals surface area contributed by atoms with Crippen LogP contribution < -0.4 is 16.5 Å². The van der Waals surface area contributed by atoms with Gasteiger partial charge in [0.15, 0.2) is 0 Å². The minimum absolute atomic E-state index is 0.311. The van der Waals surface area contributed by atoms with E-state index in [2.05, 4.69) is 33.2 Å². The molecule has 2 atom stereocenters. The second-order valence-corrected chi connectivity index (χ2v) is 7.12. The van der Waals surface area contributed by atoms with Crippen molar-refractivity contribution >= 4 is 12.2 Å². The smallest absolute Gasteiger partial charge is 0.425 e. The first-order valence-electron chi connectivity index (χ1n) is 10.5. The molecule has 0 heterocycles. The van der Waals surface area contributed by atoms with Gasteiger partial charge in [-0.1, -0.05) is 0 Å². The molecule has 1 saturated carbocycles. The molecule has 0 radical (unpaired) electrons. The van der Waals surface area contributed by atoms with E-state index in [1.807, 2.05) is 0 Å². The Morgan fingerprint density at radius 2 is 1.30 bits per heavy atom. The van der Waals surface area contributed by atoms with Crippen LogP contribution in [0.4, 0.5) is 9.59 Å². The van der Waals surface area contributed by atoms with Gasteiger partial charge < -0.3 is 34.4 Å². The molecule has 0 bridgehead atoms. The minimum atomic E-state index is -0.698. The molecule has 2 aliphatic rings. The van der Waals surface area contributed by atoms with E-state index >= 15 is 0 Å². The quantitative estimate of drug-likeness (QED) is 0.211. The molecule has 10 nitrogen and oxygen atoms in total. The average Bonchev–Trinajstić information content (AvgIpc) is 3.38. The fourth-order valence-electron chi connectivity index (χ4n) is 3.54. The molecule has 0 aromatic carbocycles. The third-order valence-electron chi connectivity index (χ3n) is 5.13. The summed E-state index contributed by atoms with van der Waals surface area (Å²) in [6.45, 7) is 3.61. The van der Waals surface area contributed by atoms with Crippen LogP contribution in [0.25, 0.3) is 0 Å². The van der Waals surface area contributed by atoms with Crippen molar-refractivity contribution in [3.63, 3.8) is 0 Å². The molecule has 0 saturated heterocycles. The van der Waals surface area contributed by atoms with E-state index in [4.69, 9.17) is 18.9 Å². The van der Waals surface area contributed by atoms with Gasteiger partial charge in [-0.25, -0.2) is 9.59 Å². The second kappa shape index (κ2) is 14.8. The molecule has 1 fully saturated rings. The number of hydrogen-bond donors (Lipinski definition) is 3. The van der Waals surface area contributed by atoms with Crippen LogP contribution in [0.5, 0.6) is 0 Å². The molecule has 0 aliphatic heterocycles. The van der Waals surface area contributed by atoms with Crippen molar-refractivity contribution in [2.24, 2.45) is 23.7 Å². The van der Waals surface area contributed by atoms with Crippen LogP contribution in [0.3, 0.4) is 0 Å². The van der Waals surface area contributed by atoms with Gasteiger partial charge in [0.25, 0.3) is 0 Å². The number of hydrogen-bond acceptors (Lipinski definition) is 8. The highest BCUT2D eigenvalue weighted by Crippen LogP contribution is 2.52. The number of amides is 2. The first-order valence-corrected chi connectivity index (χ1v) is 10.5. The van der Waals surface area contributed by atoms with E-state index in [9.17, 15) is 9.59 Å². The number of rotatable bonds is 14. The summed E-state index contributed by atoms with van der Waals surface area (Å²) in [5.41, 5.74) is 0. The molecule has 30 heavy (non-hydrogen) atoms. The Balaban J connectivity index is 1.31. The highest BCUT2D eigenvalue weighted by Gasteiger charge is 2.49. The van der Waals surface area contributed by atoms with E-state index in [0.717, 1.165) is 25.7 Å². The zero-order valence-corrected chi connectivity index (χ0v) is 17.4. The van der Waals surface area contributed by atoms with Gasteiger partial charge in [0.2, 0.25) is 0 Å². The van der Waals surface area contributed by atoms with Crippen molar-refractivity contribution in [3.8, 4) is 11.8 Å². The van der Waals surface area contributed by atoms with E-state index in [-0.39, 0.29) is 0 Å². The highest BCUT2D eigenvalue weighted by atomic mass is 16.7. The Morgan fingerprint density at radius 1 is 0.800 bits per heavy atom. The highest BCUT2D eigenvalue weighted by molar-refractivity contribution is 5.67. The summed E-state index contributed by atoms with van der Waals surface area (Å²) in [6.07, 6.45) is 3.08. The van der Waals surface area contributed by atoms with Crippen molar-refractivity contribution in [2.45, 2.75) is 25.7 Å². The van der Waals surface area contributed by atoms with Crippen LogP contribution in [-0.2, 0) is 23.8 Å². The Labute approximate surface area is 177 Å². The van der Waals surface area contributed by atoms with Crippen LogP contribution in [0, 0.1) is 29.6 Å². The Morgan fingerprint density at radius 3 is 1.83 bits per heavy atom. The number of ether oxygens (including phenoxy) is 4. The zero-order chi connectivity index (χ0) is 21.4. The van der Waals surface area contributed by atoms with Gasteiger partial charge >= 0.3 is 12.2 Å². The van der Waals surface area contributed by atoms with Crippen molar-refractivity contribution in [1.29, 1.82) is 0 Å². The zero-order valence-electron chi connectivity index (χ0n) is 17.4. The van der Waals surface area contributed by atoms with Crippen molar-refractivity contribution in [2.75, 3.05) is 59.3 Å². The lowest BCUT2D eigenvalue weighted by Crippen LogP contribution is -2.30. The van der Waals surface area contributed by atoms with E-state index in [0.29, 0.717) is 77.1 Å². The van der Waals surface area contributed by atoms with Crippen molar-refractivity contribution in [1.82, 2.24) is 10.6 Å². The van der Waals surface area contributed by atoms with Crippen LogP contribution in [0.1, 0.15) is 25.7 Å². The lowest BCUT2D eigenvalue weighted by atomic mass is 10.1. The number of carbonyl (C=O) groups is 2. The van der Waals surface area contributed by atoms with Gasteiger partial charge in [-0.05, 0) is 30.6 Å². The van der Waals surface area contributed by atoms with Gasteiger partial charge in [0, 0.05) is 25.9 Å². The van der Waals surface area contributed by atoms with Gasteiger partial charge in [-0.3, -0.25) is 0 Å². The fraction of sp³-hybridized carbons (Fsp3) is 0.800. The number of nitrogens with one attached hydrogen (secondary N) is 2. The fourth-order valence-corrected chi connectivity index (χ4v) is 3.54. The molecule has 4 N–H and O–H groups in total. The Bertz CT molecular complexity index is 560. The maximum atomic E-state index is 11.8. The summed E-state index contributed by atoms with van der Waals surface area (Å²) < 4.78 is 21.3. The standard InChI is InChI=1S/C20H33N3O7/c21-30-20(25)23-8-10-27-12-14-28-13-11-26-9-7-22-19(24)29-15-18-16-5-3-1-2-4-6-17(16)18/h16-18H,3-15,21H2,(H,22,24)(H,23,25). The van der Waals surface area contributed by atoms with Crippen LogP contribution in [0.15, 0.2) is 0 Å². The maximum absolute atomic E-state index is 11.8. The summed E-state index contributed by atoms with van der Waals surface area (Å²) >= 11 is 0.